The van der Waals surface area contributed by atoms with Gasteiger partial charge in [-0.15, -0.1) is 0 Å². The number of hydrogen-bond acceptors (Lipinski definition) is 5. The zero-order chi connectivity index (χ0) is 24.4. The van der Waals surface area contributed by atoms with Crippen LogP contribution in [0, 0.1) is 5.82 Å². The zero-order valence-corrected chi connectivity index (χ0v) is 20.1. The maximum absolute atomic E-state index is 14.8. The third kappa shape index (κ3) is 5.14. The van der Waals surface area contributed by atoms with E-state index in [1.165, 1.54) is 12.1 Å². The van der Waals surface area contributed by atoms with E-state index in [1.54, 1.807) is 47.5 Å². The number of rotatable bonds is 7. The molecule has 0 aliphatic heterocycles. The predicted molar refractivity (Wildman–Crippen MR) is 130 cm³/mol. The van der Waals surface area contributed by atoms with Crippen molar-refractivity contribution in [1.82, 2.24) is 14.8 Å². The van der Waals surface area contributed by atoms with Gasteiger partial charge in [-0.2, -0.15) is 5.10 Å². The number of pyridine rings is 1. The van der Waals surface area contributed by atoms with Crippen LogP contribution in [0.2, 0.25) is 0 Å². The Morgan fingerprint density at radius 3 is 2.65 bits per heavy atom. The Morgan fingerprint density at radius 1 is 1.18 bits per heavy atom. The first-order valence-corrected chi connectivity index (χ1v) is 12.3. The maximum atomic E-state index is 14.8. The van der Waals surface area contributed by atoms with Crippen molar-refractivity contribution in [3.63, 3.8) is 0 Å². The molecule has 34 heavy (non-hydrogen) atoms. The number of aromatic nitrogens is 3. The topological polar surface area (TPSA) is 86.1 Å². The second-order valence-electron chi connectivity index (χ2n) is 8.26. The zero-order valence-electron chi connectivity index (χ0n) is 19.3. The Labute approximate surface area is 199 Å². The fourth-order valence-corrected chi connectivity index (χ4v) is 4.22. The number of hydrogen-bond donors (Lipinski definition) is 1. The Kier molecular flexibility index (Phi) is 6.74. The van der Waals surface area contributed by atoms with Crippen LogP contribution in [0.3, 0.4) is 0 Å². The van der Waals surface area contributed by atoms with E-state index in [2.05, 4.69) is 15.4 Å². The maximum Gasteiger partial charge on any atom is 0.230 e. The van der Waals surface area contributed by atoms with Crippen LogP contribution in [0.15, 0.2) is 59.6 Å². The van der Waals surface area contributed by atoms with Gasteiger partial charge in [-0.3, -0.25) is 18.7 Å². The van der Waals surface area contributed by atoms with Crippen LogP contribution in [-0.2, 0) is 29.1 Å². The molecule has 1 unspecified atom stereocenters. The summed E-state index contributed by atoms with van der Waals surface area (Å²) in [6.45, 7) is 4.08. The fourth-order valence-electron chi connectivity index (χ4n) is 3.67. The highest BCUT2D eigenvalue weighted by molar-refractivity contribution is 7.84. The summed E-state index contributed by atoms with van der Waals surface area (Å²) < 4.78 is 34.3. The normalized spacial score (nSPS) is 12.2. The van der Waals surface area contributed by atoms with Crippen LogP contribution in [0.5, 0.6) is 11.5 Å². The van der Waals surface area contributed by atoms with Gasteiger partial charge >= 0.3 is 0 Å². The second kappa shape index (κ2) is 9.72. The molecule has 7 nitrogen and oxygen atoms in total. The number of halogens is 1. The smallest absolute Gasteiger partial charge is 0.230 e. The fraction of sp³-hybridized carbons (Fsp3) is 0.240. The summed E-state index contributed by atoms with van der Waals surface area (Å²) in [6.07, 6.45) is 3.06. The predicted octanol–water partition coefficient (Wildman–Crippen LogP) is 4.94. The number of anilines is 1. The molecular formula is C25H25FN4O3S. The number of amides is 1. The SMILES string of the molecule is CC(C)c1cc(NC(=O)Cc2ccc(Oc3ccnc4ccc(S(C)=O)cc34)cc2F)nn1C. The first-order chi connectivity index (χ1) is 16.2. The lowest BCUT2D eigenvalue weighted by atomic mass is 10.1. The molecule has 0 radical (unpaired) electrons. The van der Waals surface area contributed by atoms with Crippen molar-refractivity contribution in [2.75, 3.05) is 11.6 Å². The van der Waals surface area contributed by atoms with E-state index in [0.29, 0.717) is 27.4 Å². The van der Waals surface area contributed by atoms with Crippen LogP contribution in [0.25, 0.3) is 10.9 Å². The van der Waals surface area contributed by atoms with Crippen LogP contribution >= 0.6 is 0 Å². The van der Waals surface area contributed by atoms with E-state index in [-0.39, 0.29) is 29.6 Å². The van der Waals surface area contributed by atoms with E-state index < -0.39 is 16.6 Å². The summed E-state index contributed by atoms with van der Waals surface area (Å²) in [6, 6.07) is 13.1. The Hall–Kier alpha value is -3.59. The van der Waals surface area contributed by atoms with Crippen LogP contribution in [-0.4, -0.2) is 31.1 Å². The van der Waals surface area contributed by atoms with Crippen molar-refractivity contribution in [1.29, 1.82) is 0 Å². The lowest BCUT2D eigenvalue weighted by Crippen LogP contribution is -2.15. The van der Waals surface area contributed by atoms with E-state index in [4.69, 9.17) is 4.74 Å². The standard InChI is InChI=1S/C25H25FN4O3S/c1-15(2)22-14-24(29-30(22)3)28-25(31)11-16-5-6-17(12-20(16)26)33-23-9-10-27-21-8-7-18(34(4)32)13-19(21)23/h5-10,12-15H,11H2,1-4H3,(H,28,29,31). The number of fused-ring (bicyclic) bond motifs is 1. The quantitative estimate of drug-likeness (QED) is 0.405. The van der Waals surface area contributed by atoms with Gasteiger partial charge in [0.15, 0.2) is 5.82 Å². The molecule has 0 spiro atoms. The van der Waals surface area contributed by atoms with Gasteiger partial charge in [-0.1, -0.05) is 19.9 Å². The average Bonchev–Trinajstić information content (AvgIpc) is 3.15. The van der Waals surface area contributed by atoms with Gasteiger partial charge in [0.1, 0.15) is 17.3 Å². The second-order valence-corrected chi connectivity index (χ2v) is 9.63. The third-order valence-electron chi connectivity index (χ3n) is 5.38. The highest BCUT2D eigenvalue weighted by Gasteiger charge is 2.14. The molecule has 1 atom stereocenters. The first kappa shape index (κ1) is 23.6. The summed E-state index contributed by atoms with van der Waals surface area (Å²) in [5, 5.41) is 7.68. The van der Waals surface area contributed by atoms with Gasteiger partial charge in [-0.25, -0.2) is 4.39 Å². The van der Waals surface area contributed by atoms with Crippen molar-refractivity contribution >= 4 is 33.4 Å². The summed E-state index contributed by atoms with van der Waals surface area (Å²) in [5.74, 6) is 0.545. The molecule has 1 N–H and O–H groups in total. The van der Waals surface area contributed by atoms with Crippen LogP contribution < -0.4 is 10.1 Å². The van der Waals surface area contributed by atoms with E-state index in [0.717, 1.165) is 5.69 Å². The van der Waals surface area contributed by atoms with Crippen LogP contribution in [0.4, 0.5) is 10.2 Å². The molecule has 2 heterocycles. The van der Waals surface area contributed by atoms with Crippen molar-refractivity contribution < 1.29 is 18.1 Å². The summed E-state index contributed by atoms with van der Waals surface area (Å²) in [7, 11) is 0.661. The van der Waals surface area contributed by atoms with E-state index in [1.807, 2.05) is 27.0 Å². The van der Waals surface area contributed by atoms with Crippen molar-refractivity contribution in [3.05, 3.63) is 71.8 Å². The largest absolute Gasteiger partial charge is 0.456 e. The number of nitrogens with one attached hydrogen (secondary N) is 1. The molecule has 0 saturated heterocycles. The molecule has 2 aromatic heterocycles. The molecule has 2 aromatic carbocycles. The summed E-state index contributed by atoms with van der Waals surface area (Å²) in [4.78, 5) is 17.4. The highest BCUT2D eigenvalue weighted by atomic mass is 32.2. The Morgan fingerprint density at radius 2 is 1.97 bits per heavy atom. The van der Waals surface area contributed by atoms with Crippen LogP contribution in [0.1, 0.15) is 31.0 Å². The number of nitrogens with zero attached hydrogens (tertiary/aromatic N) is 3. The van der Waals surface area contributed by atoms with Gasteiger partial charge in [0.25, 0.3) is 0 Å². The number of aryl methyl sites for hydroxylation is 1. The Bertz CT molecular complexity index is 1400. The summed E-state index contributed by atoms with van der Waals surface area (Å²) in [5.41, 5.74) is 1.91. The highest BCUT2D eigenvalue weighted by Crippen LogP contribution is 2.31. The lowest BCUT2D eigenvalue weighted by molar-refractivity contribution is -0.115. The number of carbonyl (C=O) groups excluding carboxylic acids is 1. The van der Waals surface area contributed by atoms with Crippen molar-refractivity contribution in [3.8, 4) is 11.5 Å². The Balaban J connectivity index is 1.49. The molecule has 0 saturated carbocycles. The van der Waals surface area contributed by atoms with Gasteiger partial charge in [0, 0.05) is 58.4 Å². The van der Waals surface area contributed by atoms with E-state index in [9.17, 15) is 13.4 Å². The average molecular weight is 481 g/mol. The molecule has 176 valence electrons. The number of ether oxygens (including phenoxy) is 1. The summed E-state index contributed by atoms with van der Waals surface area (Å²) >= 11 is 0. The molecule has 9 heteroatoms. The molecule has 0 bridgehead atoms. The molecule has 1 amide bonds. The number of carbonyl (C=O) groups is 1. The van der Waals surface area contributed by atoms with Crippen molar-refractivity contribution in [2.24, 2.45) is 7.05 Å². The molecule has 4 rings (SSSR count). The molecule has 0 fully saturated rings. The van der Waals surface area contributed by atoms with Crippen molar-refractivity contribution in [2.45, 2.75) is 31.1 Å². The minimum atomic E-state index is -1.16. The number of benzene rings is 2. The molecule has 0 aliphatic carbocycles. The molecular weight excluding hydrogens is 455 g/mol. The van der Waals surface area contributed by atoms with E-state index >= 15 is 0 Å². The van der Waals surface area contributed by atoms with Gasteiger partial charge in [0.2, 0.25) is 5.91 Å². The minimum Gasteiger partial charge on any atom is -0.456 e. The molecule has 0 aliphatic rings. The van der Waals surface area contributed by atoms with Gasteiger partial charge < -0.3 is 10.1 Å². The first-order valence-electron chi connectivity index (χ1n) is 10.7. The monoisotopic (exact) mass is 480 g/mol. The molecule has 4 aromatic rings. The third-order valence-corrected chi connectivity index (χ3v) is 6.30. The minimum absolute atomic E-state index is 0.135. The van der Waals surface area contributed by atoms with Gasteiger partial charge in [-0.05, 0) is 41.8 Å². The lowest BCUT2D eigenvalue weighted by Gasteiger charge is -2.11. The van der Waals surface area contributed by atoms with Gasteiger partial charge in [0.05, 0.1) is 11.9 Å².